The Morgan fingerprint density at radius 1 is 1.39 bits per heavy atom. The number of aromatic amines is 1. The molecule has 3 aromatic rings. The number of aryl methyl sites for hydroxylation is 1. The van der Waals surface area contributed by atoms with Crippen LogP contribution in [0.2, 0.25) is 0 Å². The van der Waals surface area contributed by atoms with Crippen molar-refractivity contribution in [3.8, 4) is 0 Å². The smallest absolute Gasteiger partial charge is 0.272 e. The highest BCUT2D eigenvalue weighted by Crippen LogP contribution is 2.24. The van der Waals surface area contributed by atoms with E-state index in [9.17, 15) is 4.79 Å². The molecule has 0 saturated carbocycles. The second-order valence-corrected chi connectivity index (χ2v) is 4.47. The molecule has 0 aliphatic rings. The first-order chi connectivity index (χ1) is 8.72. The fourth-order valence-electron chi connectivity index (χ4n) is 2.53. The molecule has 3 heteroatoms. The van der Waals surface area contributed by atoms with Crippen LogP contribution in [0.5, 0.6) is 0 Å². The van der Waals surface area contributed by atoms with Gasteiger partial charge < -0.3 is 9.55 Å². The Bertz CT molecular complexity index is 808. The summed E-state index contributed by atoms with van der Waals surface area (Å²) in [5.41, 5.74) is 2.74. The third-order valence-electron chi connectivity index (χ3n) is 3.29. The predicted molar refractivity (Wildman–Crippen MR) is 75.0 cm³/mol. The molecule has 0 aliphatic carbocycles. The van der Waals surface area contributed by atoms with E-state index in [0.717, 1.165) is 21.8 Å². The molecular formula is C15H14N2O. The lowest BCUT2D eigenvalue weighted by molar-refractivity contribution is 0.860. The van der Waals surface area contributed by atoms with Crippen molar-refractivity contribution in [2.45, 2.75) is 13.5 Å². The number of benzene rings is 1. The van der Waals surface area contributed by atoms with Crippen LogP contribution in [0.4, 0.5) is 0 Å². The van der Waals surface area contributed by atoms with Gasteiger partial charge in [0.25, 0.3) is 5.56 Å². The third-order valence-corrected chi connectivity index (χ3v) is 3.29. The molecule has 2 heterocycles. The van der Waals surface area contributed by atoms with Gasteiger partial charge in [-0.05, 0) is 24.6 Å². The van der Waals surface area contributed by atoms with Gasteiger partial charge in [-0.3, -0.25) is 4.79 Å². The number of hydrogen-bond donors (Lipinski definition) is 1. The molecule has 18 heavy (non-hydrogen) atoms. The molecule has 1 aromatic carbocycles. The molecule has 2 aromatic heterocycles. The molecule has 0 spiro atoms. The highest BCUT2D eigenvalue weighted by atomic mass is 16.1. The van der Waals surface area contributed by atoms with Crippen LogP contribution in [0.1, 0.15) is 5.56 Å². The molecule has 0 amide bonds. The van der Waals surface area contributed by atoms with Crippen LogP contribution in [0, 0.1) is 6.92 Å². The topological polar surface area (TPSA) is 37.8 Å². The molecule has 0 bridgehead atoms. The number of H-pyrrole nitrogens is 1. The van der Waals surface area contributed by atoms with Gasteiger partial charge in [-0.1, -0.05) is 18.2 Å². The molecule has 1 N–H and O–H groups in total. The zero-order valence-corrected chi connectivity index (χ0v) is 10.2. The summed E-state index contributed by atoms with van der Waals surface area (Å²) in [6.45, 7) is 6.42. The van der Waals surface area contributed by atoms with Gasteiger partial charge in [0.15, 0.2) is 0 Å². The van der Waals surface area contributed by atoms with Crippen molar-refractivity contribution in [3.63, 3.8) is 0 Å². The van der Waals surface area contributed by atoms with Gasteiger partial charge >= 0.3 is 0 Å². The average Bonchev–Trinajstić information content (AvgIpc) is 2.74. The first-order valence-electron chi connectivity index (χ1n) is 5.93. The molecule has 3 rings (SSSR count). The Hall–Kier alpha value is -2.29. The molecule has 3 nitrogen and oxygen atoms in total. The molecular weight excluding hydrogens is 224 g/mol. The van der Waals surface area contributed by atoms with Gasteiger partial charge in [0, 0.05) is 29.0 Å². The van der Waals surface area contributed by atoms with Gasteiger partial charge in [0.05, 0.1) is 0 Å². The highest BCUT2D eigenvalue weighted by Gasteiger charge is 2.10. The zero-order chi connectivity index (χ0) is 12.7. The molecule has 0 atom stereocenters. The van der Waals surface area contributed by atoms with E-state index in [2.05, 4.69) is 24.6 Å². The lowest BCUT2D eigenvalue weighted by atomic mass is 10.1. The van der Waals surface area contributed by atoms with E-state index in [4.69, 9.17) is 0 Å². The van der Waals surface area contributed by atoms with Crippen LogP contribution in [-0.2, 0) is 6.54 Å². The number of nitrogens with one attached hydrogen (secondary N) is 1. The van der Waals surface area contributed by atoms with E-state index in [1.165, 1.54) is 5.56 Å². The number of rotatable bonds is 2. The average molecular weight is 238 g/mol. The minimum absolute atomic E-state index is 0.0463. The Kier molecular flexibility index (Phi) is 2.33. The number of nitrogens with zero attached hydrogens (tertiary/aromatic N) is 1. The van der Waals surface area contributed by atoms with Crippen molar-refractivity contribution in [2.75, 3.05) is 0 Å². The van der Waals surface area contributed by atoms with Crippen LogP contribution in [0.3, 0.4) is 0 Å². The van der Waals surface area contributed by atoms with Crippen LogP contribution in [0.15, 0.2) is 47.9 Å². The van der Waals surface area contributed by atoms with Gasteiger partial charge in [0.2, 0.25) is 0 Å². The Morgan fingerprint density at radius 2 is 2.22 bits per heavy atom. The first-order valence-corrected chi connectivity index (χ1v) is 5.93. The SMILES string of the molecule is C=CCn1ccc2c3c(C)cccc3[nH]c(=O)c21. The monoisotopic (exact) mass is 238 g/mol. The molecule has 0 aliphatic heterocycles. The van der Waals surface area contributed by atoms with Crippen LogP contribution >= 0.6 is 0 Å². The maximum atomic E-state index is 12.2. The maximum absolute atomic E-state index is 12.2. The second-order valence-electron chi connectivity index (χ2n) is 4.47. The van der Waals surface area contributed by atoms with Crippen molar-refractivity contribution < 1.29 is 0 Å². The molecule has 90 valence electrons. The number of pyridine rings is 1. The number of aromatic nitrogens is 2. The molecule has 0 radical (unpaired) electrons. The Balaban J connectivity index is 2.55. The van der Waals surface area contributed by atoms with Crippen molar-refractivity contribution in [3.05, 3.63) is 59.0 Å². The summed E-state index contributed by atoms with van der Waals surface area (Å²) < 4.78 is 1.92. The maximum Gasteiger partial charge on any atom is 0.272 e. The van der Waals surface area contributed by atoms with Crippen molar-refractivity contribution in [2.24, 2.45) is 0 Å². The minimum atomic E-state index is -0.0463. The van der Waals surface area contributed by atoms with E-state index in [1.807, 2.05) is 29.0 Å². The van der Waals surface area contributed by atoms with E-state index in [1.54, 1.807) is 6.08 Å². The summed E-state index contributed by atoms with van der Waals surface area (Å²) >= 11 is 0. The van der Waals surface area contributed by atoms with Crippen LogP contribution < -0.4 is 5.56 Å². The summed E-state index contributed by atoms with van der Waals surface area (Å²) in [5.74, 6) is 0. The lowest BCUT2D eigenvalue weighted by Crippen LogP contribution is -2.10. The largest absolute Gasteiger partial charge is 0.339 e. The quantitative estimate of drug-likeness (QED) is 0.685. The Labute approximate surface area is 104 Å². The number of hydrogen-bond acceptors (Lipinski definition) is 1. The summed E-state index contributed by atoms with van der Waals surface area (Å²) in [6, 6.07) is 7.96. The molecule has 0 unspecified atom stereocenters. The molecule has 0 saturated heterocycles. The van der Waals surface area contributed by atoms with Crippen molar-refractivity contribution in [1.29, 1.82) is 0 Å². The van der Waals surface area contributed by atoms with Gasteiger partial charge in [0.1, 0.15) is 5.52 Å². The standard InChI is InChI=1S/C15H14N2O/c1-3-8-17-9-7-11-13-10(2)5-4-6-12(13)16-15(18)14(11)17/h3-7,9H,1,8H2,2H3,(H,16,18). The third kappa shape index (κ3) is 1.40. The highest BCUT2D eigenvalue weighted by molar-refractivity contribution is 6.06. The number of allylic oxidation sites excluding steroid dienone is 1. The lowest BCUT2D eigenvalue weighted by Gasteiger charge is -2.05. The van der Waals surface area contributed by atoms with Crippen molar-refractivity contribution >= 4 is 21.8 Å². The first kappa shape index (κ1) is 10.8. The Morgan fingerprint density at radius 3 is 3.00 bits per heavy atom. The van der Waals surface area contributed by atoms with E-state index < -0.39 is 0 Å². The zero-order valence-electron chi connectivity index (χ0n) is 10.2. The molecule has 0 fully saturated rings. The normalized spacial score (nSPS) is 11.2. The minimum Gasteiger partial charge on any atom is -0.339 e. The van der Waals surface area contributed by atoms with E-state index >= 15 is 0 Å². The fourth-order valence-corrected chi connectivity index (χ4v) is 2.53. The van der Waals surface area contributed by atoms with Gasteiger partial charge in [-0.25, -0.2) is 0 Å². The van der Waals surface area contributed by atoms with E-state index in [-0.39, 0.29) is 5.56 Å². The van der Waals surface area contributed by atoms with Crippen molar-refractivity contribution in [1.82, 2.24) is 9.55 Å². The number of fused-ring (bicyclic) bond motifs is 3. The van der Waals surface area contributed by atoms with E-state index in [0.29, 0.717) is 6.54 Å². The predicted octanol–water partition coefficient (Wildman–Crippen LogP) is 2.98. The summed E-state index contributed by atoms with van der Waals surface area (Å²) in [6.07, 6.45) is 3.73. The van der Waals surface area contributed by atoms with Crippen LogP contribution in [0.25, 0.3) is 21.8 Å². The van der Waals surface area contributed by atoms with Crippen LogP contribution in [-0.4, -0.2) is 9.55 Å². The van der Waals surface area contributed by atoms with Gasteiger partial charge in [-0.2, -0.15) is 0 Å². The second kappa shape index (κ2) is 3.88. The van der Waals surface area contributed by atoms with Gasteiger partial charge in [-0.15, -0.1) is 6.58 Å². The summed E-state index contributed by atoms with van der Waals surface area (Å²) in [5, 5.41) is 2.13. The summed E-state index contributed by atoms with van der Waals surface area (Å²) in [4.78, 5) is 15.1. The fraction of sp³-hybridized carbons (Fsp3) is 0.133. The summed E-state index contributed by atoms with van der Waals surface area (Å²) in [7, 11) is 0.